The number of H-pyrrole nitrogens is 1. The fourth-order valence-electron chi connectivity index (χ4n) is 2.91. The van der Waals surface area contributed by atoms with Crippen molar-refractivity contribution in [2.75, 3.05) is 37.6 Å². The quantitative estimate of drug-likeness (QED) is 0.857. The number of para-hydroxylation sites is 1. The number of rotatable bonds is 4. The molecule has 0 radical (unpaired) electrons. The molecule has 0 unspecified atom stereocenters. The van der Waals surface area contributed by atoms with Gasteiger partial charge < -0.3 is 10.2 Å². The van der Waals surface area contributed by atoms with Gasteiger partial charge in [-0.25, -0.2) is 4.98 Å². The number of hydrogen-bond donors (Lipinski definition) is 2. The molecule has 0 saturated carbocycles. The van der Waals surface area contributed by atoms with E-state index >= 15 is 0 Å². The highest BCUT2D eigenvalue weighted by Crippen LogP contribution is 2.13. The van der Waals surface area contributed by atoms with Crippen molar-refractivity contribution in [3.8, 4) is 0 Å². The average Bonchev–Trinajstić information content (AvgIpc) is 2.54. The minimum absolute atomic E-state index is 0.0516. The summed E-state index contributed by atoms with van der Waals surface area (Å²) >= 11 is 0. The molecule has 24 heavy (non-hydrogen) atoms. The summed E-state index contributed by atoms with van der Waals surface area (Å²) in [5, 5.41) is 3.51. The third-order valence-corrected chi connectivity index (χ3v) is 4.09. The number of aromatic nitrogens is 2. The van der Waals surface area contributed by atoms with Gasteiger partial charge in [0.2, 0.25) is 11.9 Å². The Kier molecular flexibility index (Phi) is 4.80. The van der Waals surface area contributed by atoms with E-state index < -0.39 is 0 Å². The van der Waals surface area contributed by atoms with Gasteiger partial charge >= 0.3 is 0 Å². The number of nitrogens with zero attached hydrogens (tertiary/aromatic N) is 3. The number of carbonyl (C=O) groups is 1. The van der Waals surface area contributed by atoms with Gasteiger partial charge in [-0.05, 0) is 26.0 Å². The minimum Gasteiger partial charge on any atom is -0.353 e. The Morgan fingerprint density at radius 2 is 1.96 bits per heavy atom. The van der Waals surface area contributed by atoms with Crippen molar-refractivity contribution in [1.29, 1.82) is 0 Å². The average molecular weight is 329 g/mol. The summed E-state index contributed by atoms with van der Waals surface area (Å²) in [7, 11) is 0. The predicted molar refractivity (Wildman–Crippen MR) is 94.3 cm³/mol. The Morgan fingerprint density at radius 1 is 1.25 bits per heavy atom. The molecule has 0 spiro atoms. The molecule has 1 aliphatic rings. The second kappa shape index (κ2) is 7.00. The SMILES string of the molecule is CC(C)NC(=O)CN1CCN(c2nc3ccccc3c(=O)[nH]2)CC1. The second-order valence-corrected chi connectivity index (χ2v) is 6.39. The van der Waals surface area contributed by atoms with Crippen LogP contribution in [0.3, 0.4) is 0 Å². The van der Waals surface area contributed by atoms with Gasteiger partial charge in [-0.3, -0.25) is 19.5 Å². The lowest BCUT2D eigenvalue weighted by atomic mass is 10.2. The highest BCUT2D eigenvalue weighted by atomic mass is 16.2. The third kappa shape index (κ3) is 3.73. The van der Waals surface area contributed by atoms with Crippen LogP contribution in [-0.4, -0.2) is 59.5 Å². The van der Waals surface area contributed by atoms with E-state index in [-0.39, 0.29) is 17.5 Å². The summed E-state index contributed by atoms with van der Waals surface area (Å²) in [6.45, 7) is 7.32. The van der Waals surface area contributed by atoms with Crippen LogP contribution in [0.5, 0.6) is 0 Å². The number of fused-ring (bicyclic) bond motifs is 1. The van der Waals surface area contributed by atoms with Crippen molar-refractivity contribution in [1.82, 2.24) is 20.2 Å². The lowest BCUT2D eigenvalue weighted by Gasteiger charge is -2.34. The maximum Gasteiger partial charge on any atom is 0.260 e. The molecule has 2 aromatic rings. The first kappa shape index (κ1) is 16.4. The van der Waals surface area contributed by atoms with Crippen molar-refractivity contribution in [2.45, 2.75) is 19.9 Å². The van der Waals surface area contributed by atoms with E-state index in [4.69, 9.17) is 0 Å². The van der Waals surface area contributed by atoms with Crippen LogP contribution in [-0.2, 0) is 4.79 Å². The molecular weight excluding hydrogens is 306 g/mol. The van der Waals surface area contributed by atoms with Gasteiger partial charge in [-0.2, -0.15) is 0 Å². The van der Waals surface area contributed by atoms with Gasteiger partial charge in [0.15, 0.2) is 0 Å². The number of aromatic amines is 1. The molecule has 1 aliphatic heterocycles. The smallest absolute Gasteiger partial charge is 0.260 e. The van der Waals surface area contributed by atoms with E-state index in [9.17, 15) is 9.59 Å². The van der Waals surface area contributed by atoms with Crippen LogP contribution < -0.4 is 15.8 Å². The number of piperazine rings is 1. The molecule has 1 amide bonds. The summed E-state index contributed by atoms with van der Waals surface area (Å²) in [6.07, 6.45) is 0. The first-order valence-corrected chi connectivity index (χ1v) is 8.28. The van der Waals surface area contributed by atoms with Gasteiger partial charge in [-0.1, -0.05) is 12.1 Å². The first-order valence-electron chi connectivity index (χ1n) is 8.28. The molecule has 0 aliphatic carbocycles. The van der Waals surface area contributed by atoms with E-state index in [1.54, 1.807) is 6.07 Å². The van der Waals surface area contributed by atoms with Crippen molar-refractivity contribution >= 4 is 22.8 Å². The number of carbonyl (C=O) groups excluding carboxylic acids is 1. The monoisotopic (exact) mass is 329 g/mol. The number of hydrogen-bond acceptors (Lipinski definition) is 5. The van der Waals surface area contributed by atoms with Gasteiger partial charge in [0.25, 0.3) is 5.56 Å². The van der Waals surface area contributed by atoms with Crippen LogP contribution in [0.4, 0.5) is 5.95 Å². The largest absolute Gasteiger partial charge is 0.353 e. The zero-order chi connectivity index (χ0) is 17.1. The molecule has 0 atom stereocenters. The fourth-order valence-corrected chi connectivity index (χ4v) is 2.91. The molecule has 0 bridgehead atoms. The van der Waals surface area contributed by atoms with E-state index in [0.29, 0.717) is 23.4 Å². The molecule has 1 fully saturated rings. The molecular formula is C17H23N5O2. The van der Waals surface area contributed by atoms with E-state index in [2.05, 4.69) is 25.1 Å². The van der Waals surface area contributed by atoms with Crippen LogP contribution in [0.15, 0.2) is 29.1 Å². The van der Waals surface area contributed by atoms with Gasteiger partial charge in [0.1, 0.15) is 0 Å². The van der Waals surface area contributed by atoms with Crippen molar-refractivity contribution in [3.05, 3.63) is 34.6 Å². The standard InChI is InChI=1S/C17H23N5O2/c1-12(2)18-15(23)11-21-7-9-22(10-8-21)17-19-14-6-4-3-5-13(14)16(24)20-17/h3-6,12H,7-11H2,1-2H3,(H,18,23)(H,19,20,24). The maximum absolute atomic E-state index is 12.2. The Morgan fingerprint density at radius 3 is 2.67 bits per heavy atom. The fraction of sp³-hybridized carbons (Fsp3) is 0.471. The lowest BCUT2D eigenvalue weighted by Crippen LogP contribution is -2.50. The summed E-state index contributed by atoms with van der Waals surface area (Å²) < 4.78 is 0. The minimum atomic E-state index is -0.116. The molecule has 7 heteroatoms. The molecule has 7 nitrogen and oxygen atoms in total. The second-order valence-electron chi connectivity index (χ2n) is 6.39. The van der Waals surface area contributed by atoms with E-state index in [0.717, 1.165) is 26.2 Å². The summed E-state index contributed by atoms with van der Waals surface area (Å²) in [5.74, 6) is 0.653. The number of nitrogens with one attached hydrogen (secondary N) is 2. The number of benzene rings is 1. The van der Waals surface area contributed by atoms with E-state index in [1.165, 1.54) is 0 Å². The molecule has 1 aromatic heterocycles. The zero-order valence-corrected chi connectivity index (χ0v) is 14.1. The first-order chi connectivity index (χ1) is 11.5. The number of amides is 1. The van der Waals surface area contributed by atoms with Crippen molar-refractivity contribution < 1.29 is 4.79 Å². The van der Waals surface area contributed by atoms with Gasteiger partial charge in [0, 0.05) is 32.2 Å². The van der Waals surface area contributed by atoms with Crippen molar-refractivity contribution in [2.24, 2.45) is 0 Å². The van der Waals surface area contributed by atoms with Crippen LogP contribution in [0.25, 0.3) is 10.9 Å². The predicted octanol–water partition coefficient (Wildman–Crippen LogP) is 0.570. The van der Waals surface area contributed by atoms with Crippen LogP contribution in [0.1, 0.15) is 13.8 Å². The Labute approximate surface area is 140 Å². The molecule has 2 heterocycles. The third-order valence-electron chi connectivity index (χ3n) is 4.09. The summed E-state index contributed by atoms with van der Waals surface area (Å²) in [5.41, 5.74) is 0.587. The Balaban J connectivity index is 1.65. The molecule has 128 valence electrons. The van der Waals surface area contributed by atoms with Crippen LogP contribution in [0.2, 0.25) is 0 Å². The Bertz CT molecular complexity index is 778. The van der Waals surface area contributed by atoms with Gasteiger partial charge in [-0.15, -0.1) is 0 Å². The maximum atomic E-state index is 12.2. The number of anilines is 1. The molecule has 3 rings (SSSR count). The molecule has 2 N–H and O–H groups in total. The summed E-state index contributed by atoms with van der Waals surface area (Å²) in [4.78, 5) is 35.6. The normalized spacial score (nSPS) is 15.9. The Hall–Kier alpha value is -2.41. The topological polar surface area (TPSA) is 81.3 Å². The molecule has 1 saturated heterocycles. The molecule has 1 aromatic carbocycles. The van der Waals surface area contributed by atoms with Crippen LogP contribution >= 0.6 is 0 Å². The van der Waals surface area contributed by atoms with Gasteiger partial charge in [0.05, 0.1) is 17.4 Å². The van der Waals surface area contributed by atoms with E-state index in [1.807, 2.05) is 32.0 Å². The van der Waals surface area contributed by atoms with Crippen molar-refractivity contribution in [3.63, 3.8) is 0 Å². The van der Waals surface area contributed by atoms with Crippen LogP contribution in [0, 0.1) is 0 Å². The zero-order valence-electron chi connectivity index (χ0n) is 14.1. The lowest BCUT2D eigenvalue weighted by molar-refractivity contribution is -0.122. The highest BCUT2D eigenvalue weighted by Gasteiger charge is 2.21. The highest BCUT2D eigenvalue weighted by molar-refractivity contribution is 5.79. The summed E-state index contributed by atoms with van der Waals surface area (Å²) in [6, 6.07) is 7.49.